The molecule has 0 fully saturated rings. The standard InChI is InChI=1S/C21H23F3N4O/c1-12(16-11-25-28(5)13(16)2)26-19(29)15-6-8-17-14(10-15)7-9-18(27-17)20(3,4)21(22,23)24/h6-12H,1-5H3,(H,26,29)/t12-/m1/s1. The van der Waals surface area contributed by atoms with E-state index in [1.165, 1.54) is 6.07 Å². The lowest BCUT2D eigenvalue weighted by atomic mass is 9.87. The predicted molar refractivity (Wildman–Crippen MR) is 105 cm³/mol. The highest BCUT2D eigenvalue weighted by atomic mass is 19.4. The number of aromatic nitrogens is 3. The second-order valence-corrected chi connectivity index (χ2v) is 7.73. The van der Waals surface area contributed by atoms with Crippen LogP contribution in [0.4, 0.5) is 13.2 Å². The maximum absolute atomic E-state index is 13.3. The monoisotopic (exact) mass is 404 g/mol. The number of nitrogens with one attached hydrogen (secondary N) is 1. The van der Waals surface area contributed by atoms with Crippen molar-refractivity contribution in [2.24, 2.45) is 7.05 Å². The number of pyridine rings is 1. The molecule has 3 aromatic rings. The van der Waals surface area contributed by atoms with E-state index in [0.29, 0.717) is 16.5 Å². The van der Waals surface area contributed by atoms with Crippen LogP contribution in [0.25, 0.3) is 10.9 Å². The van der Waals surface area contributed by atoms with Crippen molar-refractivity contribution in [3.8, 4) is 0 Å². The maximum atomic E-state index is 13.3. The molecule has 0 saturated heterocycles. The first-order valence-corrected chi connectivity index (χ1v) is 9.19. The molecule has 1 amide bonds. The second-order valence-electron chi connectivity index (χ2n) is 7.73. The van der Waals surface area contributed by atoms with Gasteiger partial charge in [0.2, 0.25) is 0 Å². The van der Waals surface area contributed by atoms with Crippen LogP contribution in [-0.4, -0.2) is 26.8 Å². The van der Waals surface area contributed by atoms with E-state index >= 15 is 0 Å². The van der Waals surface area contributed by atoms with E-state index in [-0.39, 0.29) is 17.6 Å². The molecule has 2 heterocycles. The number of benzene rings is 1. The van der Waals surface area contributed by atoms with Gasteiger partial charge in [-0.15, -0.1) is 0 Å². The summed E-state index contributed by atoms with van der Waals surface area (Å²) >= 11 is 0. The summed E-state index contributed by atoms with van der Waals surface area (Å²) < 4.78 is 41.6. The van der Waals surface area contributed by atoms with Gasteiger partial charge in [-0.3, -0.25) is 14.5 Å². The van der Waals surface area contributed by atoms with Crippen molar-refractivity contribution < 1.29 is 18.0 Å². The lowest BCUT2D eigenvalue weighted by Crippen LogP contribution is -2.37. The van der Waals surface area contributed by atoms with Crippen molar-refractivity contribution in [1.82, 2.24) is 20.1 Å². The van der Waals surface area contributed by atoms with Crippen LogP contribution in [0.15, 0.2) is 36.5 Å². The van der Waals surface area contributed by atoms with Crippen LogP contribution < -0.4 is 5.32 Å². The molecule has 0 unspecified atom stereocenters. The quantitative estimate of drug-likeness (QED) is 0.691. The zero-order chi connectivity index (χ0) is 21.6. The van der Waals surface area contributed by atoms with Gasteiger partial charge in [-0.1, -0.05) is 6.07 Å². The molecule has 0 aliphatic rings. The van der Waals surface area contributed by atoms with Gasteiger partial charge in [-0.2, -0.15) is 18.3 Å². The number of nitrogens with zero attached hydrogens (tertiary/aromatic N) is 3. The lowest BCUT2D eigenvalue weighted by molar-refractivity contribution is -0.181. The second kappa shape index (κ2) is 7.17. The third-order valence-corrected chi connectivity index (χ3v) is 5.39. The third kappa shape index (κ3) is 3.83. The molecule has 154 valence electrons. The van der Waals surface area contributed by atoms with Crippen molar-refractivity contribution in [2.45, 2.75) is 45.3 Å². The van der Waals surface area contributed by atoms with E-state index in [1.54, 1.807) is 35.1 Å². The number of amides is 1. The number of aryl methyl sites for hydroxylation is 1. The molecule has 5 nitrogen and oxygen atoms in total. The fourth-order valence-corrected chi connectivity index (χ4v) is 3.06. The molecule has 3 rings (SSSR count). The minimum Gasteiger partial charge on any atom is -0.345 e. The Hall–Kier alpha value is -2.90. The summed E-state index contributed by atoms with van der Waals surface area (Å²) in [6, 6.07) is 7.46. The molecule has 8 heteroatoms. The third-order valence-electron chi connectivity index (χ3n) is 5.39. The van der Waals surface area contributed by atoms with E-state index in [4.69, 9.17) is 0 Å². The smallest absolute Gasteiger partial charge is 0.345 e. The number of carbonyl (C=O) groups excluding carboxylic acids is 1. The fraction of sp³-hybridized carbons (Fsp3) is 0.381. The molecule has 0 spiro atoms. The summed E-state index contributed by atoms with van der Waals surface area (Å²) in [6.07, 6.45) is -2.69. The van der Waals surface area contributed by atoms with Crippen molar-refractivity contribution >= 4 is 16.8 Å². The Morgan fingerprint density at radius 1 is 1.17 bits per heavy atom. The van der Waals surface area contributed by atoms with Crippen LogP contribution >= 0.6 is 0 Å². The first-order chi connectivity index (χ1) is 13.4. The Morgan fingerprint density at radius 3 is 2.45 bits per heavy atom. The number of carbonyl (C=O) groups is 1. The predicted octanol–water partition coefficient (Wildman–Crippen LogP) is 4.61. The molecule has 0 bridgehead atoms. The zero-order valence-electron chi connectivity index (χ0n) is 16.9. The first kappa shape index (κ1) is 20.8. The van der Waals surface area contributed by atoms with Gasteiger partial charge >= 0.3 is 6.18 Å². The molecule has 0 aliphatic heterocycles. The molecule has 0 aliphatic carbocycles. The van der Waals surface area contributed by atoms with Crippen LogP contribution in [0, 0.1) is 6.92 Å². The van der Waals surface area contributed by atoms with E-state index in [2.05, 4.69) is 15.4 Å². The Kier molecular flexibility index (Phi) is 5.15. The molecule has 0 radical (unpaired) electrons. The maximum Gasteiger partial charge on any atom is 0.399 e. The highest BCUT2D eigenvalue weighted by Crippen LogP contribution is 2.39. The Balaban J connectivity index is 1.85. The van der Waals surface area contributed by atoms with Gasteiger partial charge in [0.05, 0.1) is 23.4 Å². The van der Waals surface area contributed by atoms with Crippen molar-refractivity contribution in [3.63, 3.8) is 0 Å². The average Bonchev–Trinajstić information content (AvgIpc) is 2.98. The van der Waals surface area contributed by atoms with Gasteiger partial charge in [-0.05, 0) is 52.0 Å². The number of alkyl halides is 3. The summed E-state index contributed by atoms with van der Waals surface area (Å²) in [4.78, 5) is 16.8. The van der Waals surface area contributed by atoms with Gasteiger partial charge in [0.25, 0.3) is 5.91 Å². The van der Waals surface area contributed by atoms with E-state index < -0.39 is 11.6 Å². The molecule has 1 aromatic carbocycles. The summed E-state index contributed by atoms with van der Waals surface area (Å²) in [5, 5.41) is 7.71. The number of hydrogen-bond donors (Lipinski definition) is 1. The largest absolute Gasteiger partial charge is 0.399 e. The summed E-state index contributed by atoms with van der Waals surface area (Å²) in [5.74, 6) is -0.276. The van der Waals surface area contributed by atoms with Crippen LogP contribution in [-0.2, 0) is 12.5 Å². The van der Waals surface area contributed by atoms with Gasteiger partial charge < -0.3 is 5.32 Å². The Morgan fingerprint density at radius 2 is 1.86 bits per heavy atom. The summed E-state index contributed by atoms with van der Waals surface area (Å²) in [5.41, 5.74) is 0.579. The molecule has 0 saturated carbocycles. The zero-order valence-corrected chi connectivity index (χ0v) is 16.9. The lowest BCUT2D eigenvalue weighted by Gasteiger charge is -2.27. The first-order valence-electron chi connectivity index (χ1n) is 9.19. The molecular formula is C21H23F3N4O. The fourth-order valence-electron chi connectivity index (χ4n) is 3.06. The molecular weight excluding hydrogens is 381 g/mol. The van der Waals surface area contributed by atoms with E-state index in [1.807, 2.05) is 20.9 Å². The van der Waals surface area contributed by atoms with Crippen LogP contribution in [0.1, 0.15) is 54.1 Å². The van der Waals surface area contributed by atoms with E-state index in [0.717, 1.165) is 25.1 Å². The van der Waals surface area contributed by atoms with Gasteiger partial charge in [0, 0.05) is 29.3 Å². The number of rotatable bonds is 4. The highest BCUT2D eigenvalue weighted by molar-refractivity contribution is 5.98. The highest BCUT2D eigenvalue weighted by Gasteiger charge is 2.49. The van der Waals surface area contributed by atoms with Crippen LogP contribution in [0.2, 0.25) is 0 Å². The van der Waals surface area contributed by atoms with Gasteiger partial charge in [0.15, 0.2) is 0 Å². The minimum atomic E-state index is -4.41. The normalized spacial score (nSPS) is 13.5. The molecule has 1 atom stereocenters. The average molecular weight is 404 g/mol. The number of hydrogen-bond acceptors (Lipinski definition) is 3. The van der Waals surface area contributed by atoms with Gasteiger partial charge in [-0.25, -0.2) is 0 Å². The van der Waals surface area contributed by atoms with Crippen LogP contribution in [0.5, 0.6) is 0 Å². The molecule has 1 N–H and O–H groups in total. The Bertz CT molecular complexity index is 1070. The van der Waals surface area contributed by atoms with Gasteiger partial charge in [0.1, 0.15) is 5.41 Å². The summed E-state index contributed by atoms with van der Waals surface area (Å²) in [7, 11) is 1.83. The van der Waals surface area contributed by atoms with Crippen molar-refractivity contribution in [3.05, 3.63) is 59.0 Å². The Labute approximate surface area is 166 Å². The molecule has 29 heavy (non-hydrogen) atoms. The molecule has 2 aromatic heterocycles. The topological polar surface area (TPSA) is 59.8 Å². The van der Waals surface area contributed by atoms with Crippen LogP contribution in [0.3, 0.4) is 0 Å². The van der Waals surface area contributed by atoms with E-state index in [9.17, 15) is 18.0 Å². The summed E-state index contributed by atoms with van der Waals surface area (Å²) in [6.45, 7) is 6.00. The number of fused-ring (bicyclic) bond motifs is 1. The van der Waals surface area contributed by atoms with Crippen molar-refractivity contribution in [1.29, 1.82) is 0 Å². The minimum absolute atomic E-state index is 0.0598. The SMILES string of the molecule is Cc1c([C@@H](C)NC(=O)c2ccc3nc(C(C)(C)C(F)(F)F)ccc3c2)cnn1C. The van der Waals surface area contributed by atoms with Crippen molar-refractivity contribution in [2.75, 3.05) is 0 Å². The number of halogens is 3.